The van der Waals surface area contributed by atoms with E-state index < -0.39 is 0 Å². The van der Waals surface area contributed by atoms with E-state index in [1.54, 1.807) is 7.11 Å². The van der Waals surface area contributed by atoms with Crippen LogP contribution >= 0.6 is 0 Å². The number of para-hydroxylation sites is 2. The smallest absolute Gasteiger partial charge is 0.238 e. The lowest BCUT2D eigenvalue weighted by molar-refractivity contribution is -0.132. The van der Waals surface area contributed by atoms with Gasteiger partial charge in [0.25, 0.3) is 0 Å². The summed E-state index contributed by atoms with van der Waals surface area (Å²) < 4.78 is 10.8. The number of hydrogen-bond donors (Lipinski definition) is 1. The first-order chi connectivity index (χ1) is 14.6. The van der Waals surface area contributed by atoms with Crippen LogP contribution in [-0.2, 0) is 16.0 Å². The largest absolute Gasteiger partial charge is 0.497 e. The summed E-state index contributed by atoms with van der Waals surface area (Å²) in [6.45, 7) is 5.32. The molecule has 3 rings (SSSR count). The molecule has 0 radical (unpaired) electrons. The van der Waals surface area contributed by atoms with E-state index in [-0.39, 0.29) is 11.8 Å². The summed E-state index contributed by atoms with van der Waals surface area (Å²) in [5, 5.41) is 2.92. The van der Waals surface area contributed by atoms with Gasteiger partial charge in [-0.1, -0.05) is 24.3 Å². The summed E-state index contributed by atoms with van der Waals surface area (Å²) >= 11 is 0. The van der Waals surface area contributed by atoms with Gasteiger partial charge in [-0.2, -0.15) is 0 Å². The molecule has 1 aliphatic heterocycles. The van der Waals surface area contributed by atoms with Crippen molar-refractivity contribution >= 4 is 17.5 Å². The highest BCUT2D eigenvalue weighted by atomic mass is 16.5. The molecule has 7 heteroatoms. The number of benzene rings is 2. The normalized spacial score (nSPS) is 14.3. The molecule has 0 spiro atoms. The fraction of sp³-hybridized carbons (Fsp3) is 0.391. The van der Waals surface area contributed by atoms with Crippen molar-refractivity contribution in [3.63, 3.8) is 0 Å². The SMILES string of the molecule is CCOc1ccccc1NC(=O)CN1CCN(C(=O)Cc2cccc(OC)c2)CC1. The molecule has 30 heavy (non-hydrogen) atoms. The van der Waals surface area contributed by atoms with Gasteiger partial charge in [0.2, 0.25) is 11.8 Å². The Bertz CT molecular complexity index is 863. The van der Waals surface area contributed by atoms with Crippen LogP contribution in [0.2, 0.25) is 0 Å². The van der Waals surface area contributed by atoms with Gasteiger partial charge in [-0.15, -0.1) is 0 Å². The molecule has 2 aromatic rings. The van der Waals surface area contributed by atoms with E-state index in [0.717, 1.165) is 11.3 Å². The zero-order valence-corrected chi connectivity index (χ0v) is 17.6. The predicted molar refractivity (Wildman–Crippen MR) is 116 cm³/mol. The Labute approximate surface area is 177 Å². The zero-order chi connectivity index (χ0) is 21.3. The number of carbonyl (C=O) groups is 2. The standard InChI is InChI=1S/C23H29N3O4/c1-3-30-21-10-5-4-9-20(21)24-22(27)17-25-11-13-26(14-12-25)23(28)16-18-7-6-8-19(15-18)29-2/h4-10,15H,3,11-14,16-17H2,1-2H3,(H,24,27). The molecule has 7 nitrogen and oxygen atoms in total. The lowest BCUT2D eigenvalue weighted by Gasteiger charge is -2.34. The topological polar surface area (TPSA) is 71.1 Å². The molecular weight excluding hydrogens is 382 g/mol. The van der Waals surface area contributed by atoms with Gasteiger partial charge in [-0.25, -0.2) is 0 Å². The molecule has 1 saturated heterocycles. The van der Waals surface area contributed by atoms with Crippen molar-refractivity contribution in [2.75, 3.05) is 51.8 Å². The molecule has 1 aliphatic rings. The molecule has 160 valence electrons. The molecule has 2 amide bonds. The Morgan fingerprint density at radius 2 is 1.80 bits per heavy atom. The number of amides is 2. The van der Waals surface area contributed by atoms with Gasteiger partial charge in [0.15, 0.2) is 0 Å². The molecule has 0 unspecified atom stereocenters. The summed E-state index contributed by atoms with van der Waals surface area (Å²) in [4.78, 5) is 29.0. The maximum absolute atomic E-state index is 12.6. The van der Waals surface area contributed by atoms with E-state index in [4.69, 9.17) is 9.47 Å². The Kier molecular flexibility index (Phi) is 7.68. The zero-order valence-electron chi connectivity index (χ0n) is 17.6. The van der Waals surface area contributed by atoms with Gasteiger partial charge in [0.05, 0.1) is 32.4 Å². The van der Waals surface area contributed by atoms with Gasteiger partial charge in [0.1, 0.15) is 11.5 Å². The Morgan fingerprint density at radius 3 is 2.53 bits per heavy atom. The molecule has 0 atom stereocenters. The number of rotatable bonds is 8. The summed E-state index contributed by atoms with van der Waals surface area (Å²) in [5.74, 6) is 1.43. The van der Waals surface area contributed by atoms with E-state index in [2.05, 4.69) is 10.2 Å². The van der Waals surface area contributed by atoms with Crippen molar-refractivity contribution in [1.29, 1.82) is 0 Å². The lowest BCUT2D eigenvalue weighted by atomic mass is 10.1. The number of anilines is 1. The van der Waals surface area contributed by atoms with Gasteiger partial charge >= 0.3 is 0 Å². The minimum Gasteiger partial charge on any atom is -0.497 e. The van der Waals surface area contributed by atoms with Crippen LogP contribution in [0.1, 0.15) is 12.5 Å². The maximum atomic E-state index is 12.6. The van der Waals surface area contributed by atoms with Gasteiger partial charge in [-0.05, 0) is 36.8 Å². The summed E-state index contributed by atoms with van der Waals surface area (Å²) in [6, 6.07) is 15.0. The summed E-state index contributed by atoms with van der Waals surface area (Å²) in [6.07, 6.45) is 0.353. The highest BCUT2D eigenvalue weighted by Gasteiger charge is 2.23. The minimum atomic E-state index is -0.0849. The predicted octanol–water partition coefficient (Wildman–Crippen LogP) is 2.42. The van der Waals surface area contributed by atoms with Crippen LogP contribution in [0.25, 0.3) is 0 Å². The number of nitrogens with one attached hydrogen (secondary N) is 1. The molecule has 0 bridgehead atoms. The van der Waals surface area contributed by atoms with Crippen molar-refractivity contribution in [2.45, 2.75) is 13.3 Å². The van der Waals surface area contributed by atoms with Crippen LogP contribution in [0.4, 0.5) is 5.69 Å². The fourth-order valence-corrected chi connectivity index (χ4v) is 3.47. The first-order valence-electron chi connectivity index (χ1n) is 10.2. The van der Waals surface area contributed by atoms with E-state index in [0.29, 0.717) is 57.2 Å². The molecule has 0 aliphatic carbocycles. The number of nitrogens with zero attached hydrogens (tertiary/aromatic N) is 2. The Hall–Kier alpha value is -3.06. The van der Waals surface area contributed by atoms with Crippen molar-refractivity contribution < 1.29 is 19.1 Å². The maximum Gasteiger partial charge on any atom is 0.238 e. The number of piperazine rings is 1. The van der Waals surface area contributed by atoms with Crippen LogP contribution in [-0.4, -0.2) is 68.1 Å². The molecule has 1 N–H and O–H groups in total. The second-order valence-electron chi connectivity index (χ2n) is 7.16. The Balaban J connectivity index is 1.46. The van der Waals surface area contributed by atoms with Crippen molar-refractivity contribution in [3.8, 4) is 11.5 Å². The average molecular weight is 412 g/mol. The molecule has 0 saturated carbocycles. The number of ether oxygens (including phenoxy) is 2. The third-order valence-corrected chi connectivity index (χ3v) is 5.04. The van der Waals surface area contributed by atoms with Crippen molar-refractivity contribution in [2.24, 2.45) is 0 Å². The van der Waals surface area contributed by atoms with Crippen LogP contribution < -0.4 is 14.8 Å². The average Bonchev–Trinajstić information content (AvgIpc) is 2.76. The monoisotopic (exact) mass is 411 g/mol. The molecule has 0 aromatic heterocycles. The molecular formula is C23H29N3O4. The van der Waals surface area contributed by atoms with E-state index in [1.807, 2.05) is 60.4 Å². The van der Waals surface area contributed by atoms with Gasteiger partial charge < -0.3 is 19.7 Å². The van der Waals surface area contributed by atoms with E-state index >= 15 is 0 Å². The highest BCUT2D eigenvalue weighted by Crippen LogP contribution is 2.23. The first-order valence-corrected chi connectivity index (χ1v) is 10.2. The number of carbonyl (C=O) groups excluding carboxylic acids is 2. The van der Waals surface area contributed by atoms with Crippen LogP contribution in [0.5, 0.6) is 11.5 Å². The van der Waals surface area contributed by atoms with Gasteiger partial charge in [-0.3, -0.25) is 14.5 Å². The number of methoxy groups -OCH3 is 1. The van der Waals surface area contributed by atoms with E-state index in [9.17, 15) is 9.59 Å². The molecule has 1 fully saturated rings. The minimum absolute atomic E-state index is 0.0849. The van der Waals surface area contributed by atoms with Crippen molar-refractivity contribution in [1.82, 2.24) is 9.80 Å². The molecule has 2 aromatic carbocycles. The highest BCUT2D eigenvalue weighted by molar-refractivity contribution is 5.93. The van der Waals surface area contributed by atoms with Gasteiger partial charge in [0, 0.05) is 26.2 Å². The van der Waals surface area contributed by atoms with Crippen LogP contribution in [0, 0.1) is 0 Å². The Morgan fingerprint density at radius 1 is 1.03 bits per heavy atom. The summed E-state index contributed by atoms with van der Waals surface area (Å²) in [5.41, 5.74) is 1.62. The van der Waals surface area contributed by atoms with Crippen molar-refractivity contribution in [3.05, 3.63) is 54.1 Å². The van der Waals surface area contributed by atoms with E-state index in [1.165, 1.54) is 0 Å². The van der Waals surface area contributed by atoms with Crippen LogP contribution in [0.3, 0.4) is 0 Å². The third-order valence-electron chi connectivity index (χ3n) is 5.04. The first kappa shape index (κ1) is 21.6. The fourth-order valence-electron chi connectivity index (χ4n) is 3.47. The third kappa shape index (κ3) is 5.97. The quantitative estimate of drug-likeness (QED) is 0.722. The second kappa shape index (κ2) is 10.6. The second-order valence-corrected chi connectivity index (χ2v) is 7.16. The summed E-state index contributed by atoms with van der Waals surface area (Å²) in [7, 11) is 1.62. The van der Waals surface area contributed by atoms with Crippen LogP contribution in [0.15, 0.2) is 48.5 Å². The molecule has 1 heterocycles. The number of hydrogen-bond acceptors (Lipinski definition) is 5. The lowest BCUT2D eigenvalue weighted by Crippen LogP contribution is -2.50.